The van der Waals surface area contributed by atoms with Gasteiger partial charge in [0.15, 0.2) is 0 Å². The maximum atomic E-state index is 12.3. The Morgan fingerprint density at radius 3 is 2.35 bits per heavy atom. The van der Waals surface area contributed by atoms with Crippen LogP contribution in [0.4, 0.5) is 0 Å². The van der Waals surface area contributed by atoms with Crippen molar-refractivity contribution >= 4 is 40.9 Å². The smallest absolute Gasteiger partial charge is 0.219 e. The summed E-state index contributed by atoms with van der Waals surface area (Å²) < 4.78 is 2.19. The highest BCUT2D eigenvalue weighted by atomic mass is 35.5. The van der Waals surface area contributed by atoms with Gasteiger partial charge in [-0.05, 0) is 60.5 Å². The van der Waals surface area contributed by atoms with Gasteiger partial charge in [0.2, 0.25) is 5.91 Å². The second-order valence-corrected chi connectivity index (χ2v) is 13.9. The molecule has 0 spiro atoms. The van der Waals surface area contributed by atoms with Crippen LogP contribution in [-0.4, -0.2) is 63.2 Å². The highest BCUT2D eigenvalue weighted by Crippen LogP contribution is 2.32. The molecule has 6 rings (SSSR count). The first kappa shape index (κ1) is 32.7. The van der Waals surface area contributed by atoms with Gasteiger partial charge in [0.1, 0.15) is 0 Å². The van der Waals surface area contributed by atoms with Gasteiger partial charge in [0, 0.05) is 104 Å². The molecule has 2 aliphatic heterocycles. The molecule has 0 unspecified atom stereocenters. The molecule has 0 aliphatic carbocycles. The lowest BCUT2D eigenvalue weighted by molar-refractivity contribution is -0.129. The Hall–Kier alpha value is -3.25. The third kappa shape index (κ3) is 8.36. The van der Waals surface area contributed by atoms with E-state index >= 15 is 0 Å². The summed E-state index contributed by atoms with van der Waals surface area (Å²) in [6.45, 7) is 8.79. The Labute approximate surface area is 286 Å². The molecular weight excluding hydrogens is 633 g/mol. The summed E-state index contributed by atoms with van der Waals surface area (Å²) in [5, 5.41) is 9.97. The van der Waals surface area contributed by atoms with Crippen LogP contribution in [0.25, 0.3) is 11.3 Å². The Kier molecular flexibility index (Phi) is 11.1. The number of nitrogens with one attached hydrogen (secondary N) is 1. The maximum absolute atomic E-state index is 12.3. The van der Waals surface area contributed by atoms with Crippen molar-refractivity contribution in [1.29, 1.82) is 0 Å². The molecule has 2 aliphatic rings. The van der Waals surface area contributed by atoms with Gasteiger partial charge in [-0.15, -0.1) is 0 Å². The van der Waals surface area contributed by atoms with Gasteiger partial charge in [-0.1, -0.05) is 65.4 Å². The van der Waals surface area contributed by atoms with Crippen molar-refractivity contribution in [3.63, 3.8) is 0 Å². The third-order valence-corrected chi connectivity index (χ3v) is 10.2. The fraction of sp³-hybridized carbons (Fsp3) is 0.351. The Morgan fingerprint density at radius 1 is 0.913 bits per heavy atom. The summed E-state index contributed by atoms with van der Waals surface area (Å²) in [7, 11) is 0. The van der Waals surface area contributed by atoms with Crippen LogP contribution in [0.15, 0.2) is 66.7 Å². The Bertz CT molecular complexity index is 1720. The fourth-order valence-electron chi connectivity index (χ4n) is 6.01. The van der Waals surface area contributed by atoms with Crippen molar-refractivity contribution < 1.29 is 4.79 Å². The number of hydrogen-bond donors (Lipinski definition) is 1. The van der Waals surface area contributed by atoms with Crippen LogP contribution in [-0.2, 0) is 37.4 Å². The predicted octanol–water partition coefficient (Wildman–Crippen LogP) is 6.89. The van der Waals surface area contributed by atoms with Crippen LogP contribution < -0.4 is 5.32 Å². The van der Waals surface area contributed by atoms with Gasteiger partial charge in [0.25, 0.3) is 0 Å². The molecule has 1 N–H and O–H groups in total. The average Bonchev–Trinajstić information content (AvgIpc) is 3.44. The van der Waals surface area contributed by atoms with E-state index in [2.05, 4.69) is 38.9 Å². The topological polar surface area (TPSA) is 53.4 Å². The Morgan fingerprint density at radius 2 is 1.63 bits per heavy atom. The summed E-state index contributed by atoms with van der Waals surface area (Å²) in [5.74, 6) is 9.13. The number of rotatable bonds is 9. The molecule has 1 saturated heterocycles. The van der Waals surface area contributed by atoms with E-state index in [0.717, 1.165) is 78.5 Å². The molecule has 0 atom stereocenters. The van der Waals surface area contributed by atoms with E-state index in [-0.39, 0.29) is 5.91 Å². The summed E-state index contributed by atoms with van der Waals surface area (Å²) in [6.07, 6.45) is 1.87. The molecule has 1 amide bonds. The summed E-state index contributed by atoms with van der Waals surface area (Å²) >= 11 is 14.7. The van der Waals surface area contributed by atoms with Crippen LogP contribution in [0, 0.1) is 11.8 Å². The number of carbonyl (C=O) groups is 1. The highest BCUT2D eigenvalue weighted by Gasteiger charge is 2.27. The molecule has 9 heteroatoms. The lowest BCUT2D eigenvalue weighted by Crippen LogP contribution is -2.35. The maximum Gasteiger partial charge on any atom is 0.219 e. The van der Waals surface area contributed by atoms with Crippen molar-refractivity contribution in [2.75, 3.05) is 37.7 Å². The lowest BCUT2D eigenvalue weighted by atomic mass is 9.99. The van der Waals surface area contributed by atoms with E-state index in [1.54, 1.807) is 6.92 Å². The molecule has 1 fully saturated rings. The standard InChI is InChI=1S/C37H39Cl2N5OS/c1-27(45)43-18-15-36-34(26-43)37(41-44(36)17-2-16-42-19-21-46-22-20-42)32-11-14-35(39)31(23-32)10-7-28-3-5-29(6-4-28)24-40-25-30-8-12-33(38)13-9-30/h3-6,8-9,11-14,23,40H,2,15-22,24-26H2,1H3. The van der Waals surface area contributed by atoms with Crippen LogP contribution in [0.5, 0.6) is 0 Å². The van der Waals surface area contributed by atoms with Crippen molar-refractivity contribution in [1.82, 2.24) is 24.9 Å². The van der Waals surface area contributed by atoms with Crippen molar-refractivity contribution in [3.05, 3.63) is 110 Å². The van der Waals surface area contributed by atoms with Crippen molar-refractivity contribution in [2.24, 2.45) is 0 Å². The largest absolute Gasteiger partial charge is 0.338 e. The first-order valence-corrected chi connectivity index (χ1v) is 17.8. The molecular formula is C37H39Cl2N5OS. The van der Waals surface area contributed by atoms with E-state index in [1.807, 2.05) is 71.3 Å². The number of benzene rings is 3. The van der Waals surface area contributed by atoms with E-state index < -0.39 is 0 Å². The van der Waals surface area contributed by atoms with Gasteiger partial charge in [-0.2, -0.15) is 16.9 Å². The SMILES string of the molecule is CC(=O)N1CCc2c(c(-c3ccc(Cl)c(C#Cc4ccc(CNCc5ccc(Cl)cc5)cc4)c3)nn2CCCN2CCSCC2)C1. The molecule has 4 aromatic rings. The minimum atomic E-state index is 0.0957. The molecule has 3 aromatic carbocycles. The van der Waals surface area contributed by atoms with Gasteiger partial charge in [0.05, 0.1) is 10.7 Å². The van der Waals surface area contributed by atoms with Gasteiger partial charge < -0.3 is 15.1 Å². The second-order valence-electron chi connectivity index (χ2n) is 11.9. The number of aryl methyl sites for hydroxylation is 1. The average molecular weight is 673 g/mol. The predicted molar refractivity (Wildman–Crippen MR) is 190 cm³/mol. The minimum Gasteiger partial charge on any atom is -0.338 e. The summed E-state index contributed by atoms with van der Waals surface area (Å²) in [6, 6.07) is 22.1. The first-order chi connectivity index (χ1) is 22.4. The molecule has 0 radical (unpaired) electrons. The molecule has 46 heavy (non-hydrogen) atoms. The van der Waals surface area contributed by atoms with Gasteiger partial charge in [-0.25, -0.2) is 0 Å². The quantitative estimate of drug-likeness (QED) is 0.197. The number of halogens is 2. The highest BCUT2D eigenvalue weighted by molar-refractivity contribution is 7.99. The molecule has 0 saturated carbocycles. The van der Waals surface area contributed by atoms with Crippen LogP contribution in [0.1, 0.15) is 46.9 Å². The molecule has 6 nitrogen and oxygen atoms in total. The van der Waals surface area contributed by atoms with Gasteiger partial charge in [-0.3, -0.25) is 9.48 Å². The minimum absolute atomic E-state index is 0.0957. The first-order valence-electron chi connectivity index (χ1n) is 15.9. The number of thioether (sulfide) groups is 1. The molecule has 1 aromatic heterocycles. The molecule has 0 bridgehead atoms. The molecule has 238 valence electrons. The van der Waals surface area contributed by atoms with Crippen LogP contribution in [0.3, 0.4) is 0 Å². The van der Waals surface area contributed by atoms with E-state index in [9.17, 15) is 4.79 Å². The second kappa shape index (κ2) is 15.6. The van der Waals surface area contributed by atoms with E-state index in [1.165, 1.54) is 41.4 Å². The zero-order valence-electron chi connectivity index (χ0n) is 26.2. The van der Waals surface area contributed by atoms with E-state index in [4.69, 9.17) is 28.3 Å². The lowest BCUT2D eigenvalue weighted by Gasteiger charge is -2.27. The van der Waals surface area contributed by atoms with E-state index in [0.29, 0.717) is 11.6 Å². The number of amides is 1. The number of aromatic nitrogens is 2. The number of carbonyl (C=O) groups excluding carboxylic acids is 1. The number of hydrogen-bond acceptors (Lipinski definition) is 5. The summed E-state index contributed by atoms with van der Waals surface area (Å²) in [4.78, 5) is 16.8. The van der Waals surface area contributed by atoms with Crippen LogP contribution in [0.2, 0.25) is 10.0 Å². The third-order valence-electron chi connectivity index (χ3n) is 8.63. The van der Waals surface area contributed by atoms with Crippen LogP contribution >= 0.6 is 35.0 Å². The molecule has 3 heterocycles. The van der Waals surface area contributed by atoms with Crippen molar-refractivity contribution in [2.45, 2.75) is 45.9 Å². The number of nitrogens with zero attached hydrogens (tertiary/aromatic N) is 4. The zero-order chi connectivity index (χ0) is 31.9. The van der Waals surface area contributed by atoms with Gasteiger partial charge >= 0.3 is 0 Å². The summed E-state index contributed by atoms with van der Waals surface area (Å²) in [5.41, 5.74) is 8.35. The normalized spacial score (nSPS) is 14.9. The number of fused-ring (bicyclic) bond motifs is 1. The Balaban J connectivity index is 1.16. The zero-order valence-corrected chi connectivity index (χ0v) is 28.5. The monoisotopic (exact) mass is 671 g/mol. The fourth-order valence-corrected chi connectivity index (χ4v) is 7.28. The van der Waals surface area contributed by atoms with Crippen molar-refractivity contribution in [3.8, 4) is 23.1 Å².